The largest absolute Gasteiger partial charge is 0.493 e. The summed E-state index contributed by atoms with van der Waals surface area (Å²) >= 11 is 1.60. The molecule has 2 aromatic carbocycles. The maximum absolute atomic E-state index is 13.8. The number of carbonyl (C=O) groups excluding carboxylic acids is 2. The number of thiophene rings is 1. The van der Waals surface area contributed by atoms with Crippen LogP contribution in [0.2, 0.25) is 0 Å². The molecule has 38 heavy (non-hydrogen) atoms. The van der Waals surface area contributed by atoms with Gasteiger partial charge in [-0.2, -0.15) is 11.3 Å². The Morgan fingerprint density at radius 3 is 2.71 bits per heavy atom. The number of ether oxygens (including phenoxy) is 3. The summed E-state index contributed by atoms with van der Waals surface area (Å²) in [6, 6.07) is 14.3. The third-order valence-corrected chi connectivity index (χ3v) is 6.82. The molecule has 1 aliphatic rings. The van der Waals surface area contributed by atoms with Crippen molar-refractivity contribution in [2.24, 2.45) is 0 Å². The van der Waals surface area contributed by atoms with Gasteiger partial charge in [0.25, 0.3) is 5.91 Å². The van der Waals surface area contributed by atoms with E-state index >= 15 is 0 Å². The van der Waals surface area contributed by atoms with E-state index in [1.54, 1.807) is 22.3 Å². The molecule has 1 aromatic heterocycles. The van der Waals surface area contributed by atoms with Gasteiger partial charge in [-0.05, 0) is 46.0 Å². The minimum absolute atomic E-state index is 0.0114. The first-order chi connectivity index (χ1) is 18.5. The minimum Gasteiger partial charge on any atom is -0.493 e. The molecule has 1 aliphatic heterocycles. The van der Waals surface area contributed by atoms with Crippen molar-refractivity contribution in [1.29, 1.82) is 0 Å². The van der Waals surface area contributed by atoms with Crippen LogP contribution < -0.4 is 14.8 Å². The van der Waals surface area contributed by atoms with Gasteiger partial charge in [-0.25, -0.2) is 4.79 Å². The predicted molar refractivity (Wildman–Crippen MR) is 148 cm³/mol. The van der Waals surface area contributed by atoms with Crippen molar-refractivity contribution in [2.45, 2.75) is 19.1 Å². The molecule has 1 atom stereocenters. The first-order valence-electron chi connectivity index (χ1n) is 12.1. The Hall–Kier alpha value is -4.08. The van der Waals surface area contributed by atoms with Gasteiger partial charge >= 0.3 is 6.09 Å². The number of aliphatic hydroxyl groups is 1. The summed E-state index contributed by atoms with van der Waals surface area (Å²) in [5.74, 6) is 0.321. The molecule has 8 nitrogen and oxygen atoms in total. The van der Waals surface area contributed by atoms with E-state index in [0.29, 0.717) is 24.5 Å². The summed E-state index contributed by atoms with van der Waals surface area (Å²) in [6.07, 6.45) is 3.21. The van der Waals surface area contributed by atoms with E-state index in [4.69, 9.17) is 14.2 Å². The summed E-state index contributed by atoms with van der Waals surface area (Å²) in [7, 11) is 1.48. The molecule has 0 saturated heterocycles. The van der Waals surface area contributed by atoms with Crippen LogP contribution in [0, 0.1) is 0 Å². The van der Waals surface area contributed by atoms with E-state index in [1.807, 2.05) is 53.2 Å². The van der Waals surface area contributed by atoms with Crippen molar-refractivity contribution in [1.82, 2.24) is 4.90 Å². The number of benzene rings is 2. The van der Waals surface area contributed by atoms with Gasteiger partial charge in [-0.15, -0.1) is 0 Å². The number of nitrogens with one attached hydrogen (secondary N) is 1. The second kappa shape index (κ2) is 12.9. The number of rotatable bonds is 10. The van der Waals surface area contributed by atoms with Crippen LogP contribution in [0.4, 0.5) is 10.5 Å². The molecule has 0 aliphatic carbocycles. The third-order valence-electron chi connectivity index (χ3n) is 6.13. The average molecular weight is 535 g/mol. The third kappa shape index (κ3) is 6.42. The van der Waals surface area contributed by atoms with Crippen LogP contribution in [0.15, 0.2) is 78.0 Å². The molecule has 4 rings (SSSR count). The van der Waals surface area contributed by atoms with E-state index in [2.05, 4.69) is 11.9 Å². The standard InChI is InChI=1S/C29H30N2O6S/c1-3-12-36-29(34)30-25-16-27(37-18-20-7-5-4-6-8-20)26(35-2)15-24(25)28(33)31-11-9-21(14-23(31)17-32)22-10-13-38-19-22/h3-10,13,15-16,19,23,32H,1,11-12,14,17-18H2,2H3,(H,30,34)/t23-/m0/s1. The zero-order chi connectivity index (χ0) is 26.9. The summed E-state index contributed by atoms with van der Waals surface area (Å²) in [5, 5.41) is 16.8. The summed E-state index contributed by atoms with van der Waals surface area (Å²) in [4.78, 5) is 27.8. The second-order valence-corrected chi connectivity index (χ2v) is 9.35. The Morgan fingerprint density at radius 1 is 1.21 bits per heavy atom. The van der Waals surface area contributed by atoms with E-state index in [0.717, 1.165) is 16.7 Å². The summed E-state index contributed by atoms with van der Waals surface area (Å²) in [5.41, 5.74) is 3.52. The highest BCUT2D eigenvalue weighted by atomic mass is 32.1. The quantitative estimate of drug-likeness (QED) is 0.340. The van der Waals surface area contributed by atoms with Gasteiger partial charge in [0.1, 0.15) is 13.2 Å². The van der Waals surface area contributed by atoms with Crippen LogP contribution in [0.1, 0.15) is 27.9 Å². The predicted octanol–water partition coefficient (Wildman–Crippen LogP) is 5.36. The number of amides is 2. The molecule has 0 spiro atoms. The fourth-order valence-electron chi connectivity index (χ4n) is 4.18. The lowest BCUT2D eigenvalue weighted by atomic mass is 9.95. The minimum atomic E-state index is -0.741. The van der Waals surface area contributed by atoms with E-state index < -0.39 is 12.1 Å². The Balaban J connectivity index is 1.65. The van der Waals surface area contributed by atoms with Crippen LogP contribution in [0.5, 0.6) is 11.5 Å². The van der Waals surface area contributed by atoms with E-state index in [9.17, 15) is 14.7 Å². The van der Waals surface area contributed by atoms with Crippen LogP contribution in [0.3, 0.4) is 0 Å². The number of nitrogens with zero attached hydrogens (tertiary/aromatic N) is 1. The van der Waals surface area contributed by atoms with Gasteiger partial charge < -0.3 is 24.2 Å². The van der Waals surface area contributed by atoms with Gasteiger partial charge in [0.05, 0.1) is 31.0 Å². The van der Waals surface area contributed by atoms with Crippen molar-refractivity contribution in [2.75, 3.05) is 32.2 Å². The lowest BCUT2D eigenvalue weighted by molar-refractivity contribution is 0.0619. The molecule has 0 radical (unpaired) electrons. The molecule has 2 heterocycles. The first kappa shape index (κ1) is 27.0. The van der Waals surface area contributed by atoms with Gasteiger partial charge in [-0.3, -0.25) is 10.1 Å². The van der Waals surface area contributed by atoms with Gasteiger partial charge in [0, 0.05) is 12.6 Å². The number of carbonyl (C=O) groups is 2. The number of hydrogen-bond donors (Lipinski definition) is 2. The number of hydrogen-bond acceptors (Lipinski definition) is 7. The fourth-order valence-corrected chi connectivity index (χ4v) is 4.86. The number of aliphatic hydroxyl groups excluding tert-OH is 1. The first-order valence-corrected chi connectivity index (χ1v) is 13.0. The van der Waals surface area contributed by atoms with Crippen molar-refractivity contribution in [3.63, 3.8) is 0 Å². The summed E-state index contributed by atoms with van der Waals surface area (Å²) < 4.78 is 16.6. The smallest absolute Gasteiger partial charge is 0.411 e. The molecular formula is C29H30N2O6S. The fraction of sp³-hybridized carbons (Fsp3) is 0.241. The normalized spacial score (nSPS) is 14.8. The van der Waals surface area contributed by atoms with Crippen LogP contribution in [-0.4, -0.2) is 54.9 Å². The van der Waals surface area contributed by atoms with E-state index in [1.165, 1.54) is 19.3 Å². The van der Waals surface area contributed by atoms with Crippen molar-refractivity contribution >= 4 is 34.6 Å². The summed E-state index contributed by atoms with van der Waals surface area (Å²) in [6.45, 7) is 3.93. The lowest BCUT2D eigenvalue weighted by Gasteiger charge is -2.34. The molecule has 0 bridgehead atoms. The molecule has 0 fully saturated rings. The van der Waals surface area contributed by atoms with Gasteiger partial charge in [0.2, 0.25) is 0 Å². The lowest BCUT2D eigenvalue weighted by Crippen LogP contribution is -2.45. The topological polar surface area (TPSA) is 97.3 Å². The number of methoxy groups -OCH3 is 1. The SMILES string of the molecule is C=CCOC(=O)Nc1cc(OCc2ccccc2)c(OC)cc1C(=O)N1CC=C(c2ccsc2)C[C@H]1CO. The van der Waals surface area contributed by atoms with E-state index in [-0.39, 0.29) is 37.0 Å². The molecule has 198 valence electrons. The van der Waals surface area contributed by atoms with Gasteiger partial charge in [0.15, 0.2) is 11.5 Å². The van der Waals surface area contributed by atoms with Crippen LogP contribution >= 0.6 is 11.3 Å². The Labute approximate surface area is 225 Å². The molecule has 3 aromatic rings. The monoisotopic (exact) mass is 534 g/mol. The van der Waals surface area contributed by atoms with Crippen molar-refractivity contribution < 1.29 is 28.9 Å². The molecule has 9 heteroatoms. The highest BCUT2D eigenvalue weighted by Crippen LogP contribution is 2.36. The second-order valence-electron chi connectivity index (χ2n) is 8.57. The Kier molecular flexibility index (Phi) is 9.18. The molecule has 0 saturated carbocycles. The average Bonchev–Trinajstić information content (AvgIpc) is 3.50. The maximum atomic E-state index is 13.8. The molecular weight excluding hydrogens is 504 g/mol. The molecule has 2 amide bonds. The van der Waals surface area contributed by atoms with Gasteiger partial charge in [-0.1, -0.05) is 49.1 Å². The van der Waals surface area contributed by atoms with Crippen LogP contribution in [0.25, 0.3) is 5.57 Å². The highest BCUT2D eigenvalue weighted by molar-refractivity contribution is 7.08. The number of anilines is 1. The van der Waals surface area contributed by atoms with Crippen molar-refractivity contribution in [3.8, 4) is 11.5 Å². The molecule has 2 N–H and O–H groups in total. The zero-order valence-corrected chi connectivity index (χ0v) is 21.9. The van der Waals surface area contributed by atoms with Crippen molar-refractivity contribution in [3.05, 3.63) is 94.7 Å². The Morgan fingerprint density at radius 2 is 2.03 bits per heavy atom. The van der Waals surface area contributed by atoms with Crippen LogP contribution in [-0.2, 0) is 11.3 Å². The Bertz CT molecular complexity index is 1290. The highest BCUT2D eigenvalue weighted by Gasteiger charge is 2.31. The zero-order valence-electron chi connectivity index (χ0n) is 21.1. The maximum Gasteiger partial charge on any atom is 0.411 e. The molecule has 0 unspecified atom stereocenters.